The Morgan fingerprint density at radius 3 is 2.56 bits per heavy atom. The molecule has 0 spiro atoms. The summed E-state index contributed by atoms with van der Waals surface area (Å²) in [5.74, 6) is -0.0300. The summed E-state index contributed by atoms with van der Waals surface area (Å²) in [7, 11) is 0. The quantitative estimate of drug-likeness (QED) is 0.570. The first-order chi connectivity index (χ1) is 17.0. The van der Waals surface area contributed by atoms with Crippen molar-refractivity contribution in [3.63, 3.8) is 0 Å². The zero-order valence-electron chi connectivity index (χ0n) is 22.6. The summed E-state index contributed by atoms with van der Waals surface area (Å²) in [4.78, 5) is 42.0. The first-order valence-electron chi connectivity index (χ1n) is 14.0. The lowest BCUT2D eigenvalue weighted by Crippen LogP contribution is -2.63. The highest BCUT2D eigenvalue weighted by atomic mass is 16.6. The van der Waals surface area contributed by atoms with Crippen LogP contribution in [-0.2, 0) is 14.3 Å². The van der Waals surface area contributed by atoms with E-state index in [-0.39, 0.29) is 40.8 Å². The molecule has 4 bridgehead atoms. The molecule has 5 aliphatic rings. The van der Waals surface area contributed by atoms with E-state index in [1.54, 1.807) is 0 Å². The van der Waals surface area contributed by atoms with Crippen molar-refractivity contribution in [2.45, 2.75) is 85.4 Å². The van der Waals surface area contributed by atoms with Crippen molar-refractivity contribution in [2.75, 3.05) is 19.6 Å². The van der Waals surface area contributed by atoms with Gasteiger partial charge in [0.1, 0.15) is 11.9 Å². The van der Waals surface area contributed by atoms with Crippen LogP contribution in [0, 0.1) is 45.8 Å². The molecule has 200 valence electrons. The number of carbonyl (C=O) groups excluding carboxylic acids is 3. The molecule has 3 aliphatic carbocycles. The fraction of sp³-hybridized carbons (Fsp3) is 0.828. The van der Waals surface area contributed by atoms with Crippen LogP contribution in [-0.4, -0.2) is 59.6 Å². The Morgan fingerprint density at radius 2 is 1.92 bits per heavy atom. The highest BCUT2D eigenvalue weighted by Gasteiger charge is 2.68. The lowest BCUT2D eigenvalue weighted by molar-refractivity contribution is -0.191. The Morgan fingerprint density at radius 1 is 1.17 bits per heavy atom. The van der Waals surface area contributed by atoms with Crippen LogP contribution in [0.4, 0.5) is 4.79 Å². The van der Waals surface area contributed by atoms with Gasteiger partial charge in [-0.2, -0.15) is 0 Å². The SMILES string of the molecule is C/C=C\[C@]1(C)C[C@@H](OC(=O)NC(=O)[C@H]2CN3CC[C@@H]2C3)[C@]2(C)[C@H](C)CC[C@]3(CCC(=O)[C@H]32)[C@@H](C)[C@@H]1O. The van der Waals surface area contributed by atoms with Gasteiger partial charge < -0.3 is 14.7 Å². The molecule has 36 heavy (non-hydrogen) atoms. The smallest absolute Gasteiger partial charge is 0.414 e. The van der Waals surface area contributed by atoms with E-state index in [9.17, 15) is 19.5 Å². The number of ether oxygens (including phenoxy) is 1. The van der Waals surface area contributed by atoms with E-state index >= 15 is 0 Å². The third-order valence-electron chi connectivity index (χ3n) is 11.5. The Labute approximate surface area is 215 Å². The Bertz CT molecular complexity index is 965. The number of Topliss-reactive ketones (excluding diaryl/α,β-unsaturated/α-hetero) is 1. The predicted octanol–water partition coefficient (Wildman–Crippen LogP) is 3.94. The minimum atomic E-state index is -0.719. The molecule has 0 aromatic heterocycles. The van der Waals surface area contributed by atoms with Crippen molar-refractivity contribution >= 4 is 17.8 Å². The lowest BCUT2D eigenvalue weighted by atomic mass is 9.44. The van der Waals surface area contributed by atoms with Gasteiger partial charge in [-0.1, -0.05) is 39.8 Å². The minimum absolute atomic E-state index is 0.0499. The van der Waals surface area contributed by atoms with Crippen LogP contribution in [0.25, 0.3) is 0 Å². The largest absolute Gasteiger partial charge is 0.445 e. The molecule has 3 saturated carbocycles. The number of alkyl carbamates (subject to hydrolysis) is 1. The van der Waals surface area contributed by atoms with Crippen molar-refractivity contribution in [3.8, 4) is 0 Å². The number of nitrogens with zero attached hydrogens (tertiary/aromatic N) is 1. The summed E-state index contributed by atoms with van der Waals surface area (Å²) in [6, 6.07) is 0. The van der Waals surface area contributed by atoms with Crippen molar-refractivity contribution in [2.24, 2.45) is 45.8 Å². The summed E-state index contributed by atoms with van der Waals surface area (Å²) >= 11 is 0. The molecule has 5 rings (SSSR count). The van der Waals surface area contributed by atoms with Gasteiger partial charge in [-0.05, 0) is 68.7 Å². The van der Waals surface area contributed by atoms with E-state index < -0.39 is 29.1 Å². The lowest BCUT2D eigenvalue weighted by Gasteiger charge is -2.61. The number of imide groups is 1. The second kappa shape index (κ2) is 8.93. The van der Waals surface area contributed by atoms with Crippen molar-refractivity contribution in [1.29, 1.82) is 0 Å². The summed E-state index contributed by atoms with van der Waals surface area (Å²) in [5.41, 5.74) is -1.49. The summed E-state index contributed by atoms with van der Waals surface area (Å²) in [6.45, 7) is 13.1. The van der Waals surface area contributed by atoms with Gasteiger partial charge in [-0.25, -0.2) is 4.79 Å². The minimum Gasteiger partial charge on any atom is -0.445 e. The highest BCUT2D eigenvalue weighted by molar-refractivity contribution is 5.93. The van der Waals surface area contributed by atoms with Crippen LogP contribution in [0.2, 0.25) is 0 Å². The molecule has 2 aliphatic heterocycles. The number of fused-ring (bicyclic) bond motifs is 2. The second-order valence-electron chi connectivity index (χ2n) is 13.2. The van der Waals surface area contributed by atoms with Crippen molar-refractivity contribution in [3.05, 3.63) is 12.2 Å². The average molecular weight is 501 g/mol. The van der Waals surface area contributed by atoms with E-state index in [4.69, 9.17) is 4.74 Å². The number of piperidine rings is 1. The maximum atomic E-state index is 13.5. The molecule has 2 N–H and O–H groups in total. The van der Waals surface area contributed by atoms with Gasteiger partial charge in [0.15, 0.2) is 0 Å². The number of aliphatic hydroxyl groups is 1. The van der Waals surface area contributed by atoms with E-state index in [1.807, 2.05) is 26.0 Å². The number of rotatable bonds is 3. The Kier molecular flexibility index (Phi) is 6.43. The molecule has 5 fully saturated rings. The average Bonchev–Trinajstić information content (AvgIpc) is 3.55. The normalized spacial score (nSPS) is 50.0. The van der Waals surface area contributed by atoms with Crippen LogP contribution in [0.5, 0.6) is 0 Å². The molecular formula is C29H44N2O5. The number of nitrogens with one attached hydrogen (secondary N) is 1. The summed E-state index contributed by atoms with van der Waals surface area (Å²) in [5, 5.41) is 14.3. The van der Waals surface area contributed by atoms with Gasteiger partial charge in [0, 0.05) is 36.3 Å². The number of amides is 2. The predicted molar refractivity (Wildman–Crippen MR) is 136 cm³/mol. The van der Waals surface area contributed by atoms with Gasteiger partial charge in [0.05, 0.1) is 12.0 Å². The van der Waals surface area contributed by atoms with Gasteiger partial charge in [0.25, 0.3) is 0 Å². The molecule has 7 heteroatoms. The van der Waals surface area contributed by atoms with Crippen LogP contribution in [0.1, 0.15) is 73.1 Å². The molecule has 11 atom stereocenters. The molecule has 2 amide bonds. The zero-order chi connectivity index (χ0) is 26.0. The van der Waals surface area contributed by atoms with Crippen LogP contribution in [0.15, 0.2) is 12.2 Å². The number of aliphatic hydroxyl groups excluding tert-OH is 1. The first-order valence-corrected chi connectivity index (χ1v) is 14.0. The van der Waals surface area contributed by atoms with Gasteiger partial charge in [-0.3, -0.25) is 14.9 Å². The first kappa shape index (κ1) is 25.9. The number of hydrogen-bond acceptors (Lipinski definition) is 6. The molecular weight excluding hydrogens is 456 g/mol. The third kappa shape index (κ3) is 3.71. The standard InChI is InChI=1S/C29H44N2O5/c1-6-10-27(4)14-22(36-26(35)30-25(34)20-16-31-13-9-19(20)15-31)28(5)17(2)7-11-29(18(3)24(27)33)12-8-21(32)23(28)29/h6,10,17-20,22-24,33H,7-9,11-16H2,1-5H3,(H,30,34,35)/b10-6-/t17-,18+,19-,20+,22-,23+,24+,27-,28+,29+/m1/s1. The van der Waals surface area contributed by atoms with E-state index in [2.05, 4.69) is 31.0 Å². The van der Waals surface area contributed by atoms with Crippen molar-refractivity contribution < 1.29 is 24.2 Å². The van der Waals surface area contributed by atoms with E-state index in [1.165, 1.54) is 0 Å². The fourth-order valence-electron chi connectivity index (χ4n) is 9.28. The zero-order valence-corrected chi connectivity index (χ0v) is 22.6. The molecule has 7 nitrogen and oxygen atoms in total. The fourth-order valence-corrected chi connectivity index (χ4v) is 9.28. The van der Waals surface area contributed by atoms with Gasteiger partial charge in [0.2, 0.25) is 5.91 Å². The summed E-state index contributed by atoms with van der Waals surface area (Å²) < 4.78 is 6.19. The van der Waals surface area contributed by atoms with E-state index in [0.717, 1.165) is 38.8 Å². The Hall–Kier alpha value is -1.73. The maximum Gasteiger partial charge on any atom is 0.414 e. The molecule has 2 saturated heterocycles. The van der Waals surface area contributed by atoms with Crippen LogP contribution >= 0.6 is 0 Å². The van der Waals surface area contributed by atoms with Crippen LogP contribution < -0.4 is 5.32 Å². The Balaban J connectivity index is 1.47. The number of allylic oxidation sites excluding steroid dienone is 1. The molecule has 0 radical (unpaired) electrons. The molecule has 0 aromatic carbocycles. The monoisotopic (exact) mass is 500 g/mol. The molecule has 2 heterocycles. The van der Waals surface area contributed by atoms with Gasteiger partial charge in [-0.15, -0.1) is 0 Å². The third-order valence-corrected chi connectivity index (χ3v) is 11.5. The van der Waals surface area contributed by atoms with Crippen LogP contribution in [0.3, 0.4) is 0 Å². The van der Waals surface area contributed by atoms with Gasteiger partial charge >= 0.3 is 6.09 Å². The topological polar surface area (TPSA) is 95.9 Å². The second-order valence-corrected chi connectivity index (χ2v) is 13.2. The number of ketones is 1. The number of hydrogen-bond donors (Lipinski definition) is 2. The molecule has 1 unspecified atom stereocenters. The maximum absolute atomic E-state index is 13.5. The molecule has 0 aromatic rings. The van der Waals surface area contributed by atoms with E-state index in [0.29, 0.717) is 25.3 Å². The highest BCUT2D eigenvalue weighted by Crippen LogP contribution is 2.68. The van der Waals surface area contributed by atoms with Crippen molar-refractivity contribution in [1.82, 2.24) is 10.2 Å². The summed E-state index contributed by atoms with van der Waals surface area (Å²) in [6.07, 6.45) is 6.54. The number of carbonyl (C=O) groups is 3.